The Morgan fingerprint density at radius 1 is 1.23 bits per heavy atom. The minimum Gasteiger partial charge on any atom is -0.351 e. The highest BCUT2D eigenvalue weighted by molar-refractivity contribution is 5.98. The van der Waals surface area contributed by atoms with E-state index >= 15 is 0 Å². The molecule has 1 saturated carbocycles. The molecule has 2 heterocycles. The summed E-state index contributed by atoms with van der Waals surface area (Å²) in [5, 5.41) is 11.4. The van der Waals surface area contributed by atoms with Gasteiger partial charge in [0.15, 0.2) is 0 Å². The summed E-state index contributed by atoms with van der Waals surface area (Å²) in [6.45, 7) is 7.49. The fourth-order valence-corrected chi connectivity index (χ4v) is 4.20. The maximum atomic E-state index is 12.9. The van der Waals surface area contributed by atoms with Crippen LogP contribution < -0.4 is 5.32 Å². The molecule has 1 aliphatic heterocycles. The number of aromatic amines is 1. The van der Waals surface area contributed by atoms with Crippen LogP contribution in [0.1, 0.15) is 42.7 Å². The summed E-state index contributed by atoms with van der Waals surface area (Å²) in [5.41, 5.74) is 2.46. The molecule has 1 aliphatic carbocycles. The van der Waals surface area contributed by atoms with Crippen molar-refractivity contribution in [2.45, 2.75) is 39.7 Å². The van der Waals surface area contributed by atoms with Gasteiger partial charge in [0.2, 0.25) is 5.91 Å². The van der Waals surface area contributed by atoms with Crippen molar-refractivity contribution in [2.75, 3.05) is 13.1 Å². The van der Waals surface area contributed by atoms with Gasteiger partial charge in [0.05, 0.1) is 11.6 Å². The highest BCUT2D eigenvalue weighted by Gasteiger charge is 2.37. The number of nitrogens with zero attached hydrogens (tertiary/aromatic N) is 2. The Labute approximate surface area is 153 Å². The number of amides is 2. The molecule has 0 spiro atoms. The van der Waals surface area contributed by atoms with E-state index in [9.17, 15) is 9.59 Å². The first-order valence-corrected chi connectivity index (χ1v) is 9.46. The average molecular weight is 354 g/mol. The van der Waals surface area contributed by atoms with Crippen molar-refractivity contribution in [3.63, 3.8) is 0 Å². The number of aromatic nitrogens is 2. The van der Waals surface area contributed by atoms with Crippen molar-refractivity contribution >= 4 is 22.7 Å². The third kappa shape index (κ3) is 2.97. The van der Waals surface area contributed by atoms with E-state index in [1.54, 1.807) is 0 Å². The quantitative estimate of drug-likeness (QED) is 0.889. The lowest BCUT2D eigenvalue weighted by Gasteiger charge is -2.32. The fourth-order valence-electron chi connectivity index (χ4n) is 4.20. The maximum Gasteiger partial charge on any atom is 0.254 e. The van der Waals surface area contributed by atoms with Gasteiger partial charge in [-0.05, 0) is 43.7 Å². The third-order valence-corrected chi connectivity index (χ3v) is 5.96. The zero-order valence-corrected chi connectivity index (χ0v) is 15.6. The molecule has 2 amide bonds. The van der Waals surface area contributed by atoms with Crippen LogP contribution in [0.25, 0.3) is 10.9 Å². The predicted octanol–water partition coefficient (Wildman–Crippen LogP) is 2.49. The van der Waals surface area contributed by atoms with E-state index in [0.29, 0.717) is 24.6 Å². The number of benzene rings is 1. The number of H-pyrrole nitrogens is 1. The monoisotopic (exact) mass is 354 g/mol. The third-order valence-electron chi connectivity index (χ3n) is 5.96. The lowest BCUT2D eigenvalue weighted by atomic mass is 9.75. The van der Waals surface area contributed by atoms with Crippen LogP contribution in [0.4, 0.5) is 0 Å². The molecular formula is C20H26N4O2. The molecule has 26 heavy (non-hydrogen) atoms. The summed E-state index contributed by atoms with van der Waals surface area (Å²) in [6.07, 6.45) is 1.97. The van der Waals surface area contributed by atoms with Gasteiger partial charge in [-0.1, -0.05) is 19.9 Å². The Bertz CT molecular complexity index is 853. The van der Waals surface area contributed by atoms with Crippen molar-refractivity contribution < 1.29 is 9.59 Å². The summed E-state index contributed by atoms with van der Waals surface area (Å²) >= 11 is 0. The molecule has 1 aromatic carbocycles. The second-order valence-electron chi connectivity index (χ2n) is 8.16. The zero-order chi connectivity index (χ0) is 18.4. The van der Waals surface area contributed by atoms with Crippen LogP contribution in [0.3, 0.4) is 0 Å². The Morgan fingerprint density at radius 3 is 2.73 bits per heavy atom. The molecule has 2 fully saturated rings. The molecular weight excluding hydrogens is 328 g/mol. The number of nitrogens with one attached hydrogen (secondary N) is 2. The van der Waals surface area contributed by atoms with Crippen LogP contribution in [-0.4, -0.2) is 46.0 Å². The van der Waals surface area contributed by atoms with Gasteiger partial charge in [-0.2, -0.15) is 5.10 Å². The SMILES string of the molecule is Cc1[nH]nc2cc(C(=O)N3C[C@@H](C)[C@@H](NC(=O)C4CC(C)C4)C3)ccc12. The van der Waals surface area contributed by atoms with Crippen LogP contribution in [-0.2, 0) is 4.79 Å². The van der Waals surface area contributed by atoms with E-state index < -0.39 is 0 Å². The molecule has 2 aromatic rings. The fraction of sp³-hybridized carbons (Fsp3) is 0.550. The number of likely N-dealkylation sites (tertiary alicyclic amines) is 1. The van der Waals surface area contributed by atoms with Crippen molar-refractivity contribution in [2.24, 2.45) is 17.8 Å². The maximum absolute atomic E-state index is 12.9. The van der Waals surface area contributed by atoms with Gasteiger partial charge in [0.25, 0.3) is 5.91 Å². The summed E-state index contributed by atoms with van der Waals surface area (Å²) in [5.74, 6) is 1.24. The van der Waals surface area contributed by atoms with Crippen LogP contribution in [0.2, 0.25) is 0 Å². The number of carbonyl (C=O) groups is 2. The van der Waals surface area contributed by atoms with Crippen molar-refractivity contribution in [1.82, 2.24) is 20.4 Å². The molecule has 0 bridgehead atoms. The van der Waals surface area contributed by atoms with E-state index in [-0.39, 0.29) is 29.7 Å². The minimum absolute atomic E-state index is 0.00779. The van der Waals surface area contributed by atoms with E-state index in [0.717, 1.165) is 29.4 Å². The number of carbonyl (C=O) groups excluding carboxylic acids is 2. The number of fused-ring (bicyclic) bond motifs is 1. The molecule has 6 heteroatoms. The first kappa shape index (κ1) is 17.1. The zero-order valence-electron chi connectivity index (χ0n) is 15.6. The first-order chi connectivity index (χ1) is 12.4. The first-order valence-electron chi connectivity index (χ1n) is 9.46. The Balaban J connectivity index is 1.42. The van der Waals surface area contributed by atoms with Crippen LogP contribution in [0, 0.1) is 24.7 Å². The van der Waals surface area contributed by atoms with E-state index in [4.69, 9.17) is 0 Å². The van der Waals surface area contributed by atoms with E-state index in [2.05, 4.69) is 29.4 Å². The van der Waals surface area contributed by atoms with Crippen molar-refractivity contribution in [3.05, 3.63) is 29.5 Å². The lowest BCUT2D eigenvalue weighted by Crippen LogP contribution is -2.46. The number of aryl methyl sites for hydroxylation is 1. The Hall–Kier alpha value is -2.37. The highest BCUT2D eigenvalue weighted by atomic mass is 16.2. The van der Waals surface area contributed by atoms with Crippen LogP contribution in [0.5, 0.6) is 0 Å². The average Bonchev–Trinajstić information content (AvgIpc) is 3.14. The van der Waals surface area contributed by atoms with E-state index in [1.165, 1.54) is 0 Å². The second-order valence-corrected chi connectivity index (χ2v) is 8.16. The molecule has 0 unspecified atom stereocenters. The molecule has 2 N–H and O–H groups in total. The molecule has 1 saturated heterocycles. The summed E-state index contributed by atoms with van der Waals surface area (Å²) in [4.78, 5) is 27.1. The van der Waals surface area contributed by atoms with Gasteiger partial charge >= 0.3 is 0 Å². The molecule has 1 aromatic heterocycles. The normalized spacial score (nSPS) is 28.2. The van der Waals surface area contributed by atoms with Crippen LogP contribution in [0.15, 0.2) is 18.2 Å². The number of hydrogen-bond acceptors (Lipinski definition) is 3. The van der Waals surface area contributed by atoms with Gasteiger partial charge in [-0.3, -0.25) is 14.7 Å². The predicted molar refractivity (Wildman–Crippen MR) is 99.7 cm³/mol. The highest BCUT2D eigenvalue weighted by Crippen LogP contribution is 2.33. The minimum atomic E-state index is 0.00779. The Morgan fingerprint density at radius 2 is 2.00 bits per heavy atom. The topological polar surface area (TPSA) is 78.1 Å². The Kier molecular flexibility index (Phi) is 4.21. The smallest absolute Gasteiger partial charge is 0.254 e. The summed E-state index contributed by atoms with van der Waals surface area (Å²) in [7, 11) is 0. The summed E-state index contributed by atoms with van der Waals surface area (Å²) in [6, 6.07) is 5.68. The summed E-state index contributed by atoms with van der Waals surface area (Å²) < 4.78 is 0. The molecule has 6 nitrogen and oxygen atoms in total. The molecule has 2 atom stereocenters. The second kappa shape index (κ2) is 6.41. The number of hydrogen-bond donors (Lipinski definition) is 2. The molecule has 2 aliphatic rings. The van der Waals surface area contributed by atoms with Gasteiger partial charge < -0.3 is 10.2 Å². The molecule has 4 rings (SSSR count). The molecule has 0 radical (unpaired) electrons. The van der Waals surface area contributed by atoms with E-state index in [1.807, 2.05) is 30.0 Å². The van der Waals surface area contributed by atoms with Gasteiger partial charge in [0.1, 0.15) is 0 Å². The van der Waals surface area contributed by atoms with Gasteiger partial charge in [-0.15, -0.1) is 0 Å². The van der Waals surface area contributed by atoms with Gasteiger partial charge in [0, 0.05) is 35.7 Å². The van der Waals surface area contributed by atoms with Crippen molar-refractivity contribution in [1.29, 1.82) is 0 Å². The molecule has 138 valence electrons. The lowest BCUT2D eigenvalue weighted by molar-refractivity contribution is -0.129. The van der Waals surface area contributed by atoms with Gasteiger partial charge in [-0.25, -0.2) is 0 Å². The number of rotatable bonds is 3. The standard InChI is InChI=1S/C20H26N4O2/c1-11-6-15(7-11)19(25)21-18-10-24(9-12(18)2)20(26)14-4-5-16-13(3)22-23-17(16)8-14/h4-5,8,11-12,15,18H,6-7,9-10H2,1-3H3,(H,21,25)(H,22,23)/t11?,12-,15?,18+/m1/s1. The van der Waals surface area contributed by atoms with Crippen molar-refractivity contribution in [3.8, 4) is 0 Å². The largest absolute Gasteiger partial charge is 0.351 e. The van der Waals surface area contributed by atoms with Crippen LogP contribution >= 0.6 is 0 Å².